The number of hydrogen-bond acceptors (Lipinski definition) is 6. The van der Waals surface area contributed by atoms with Crippen LogP contribution in [0.1, 0.15) is 31.0 Å². The number of nitrogens with two attached hydrogens (primary N) is 1. The van der Waals surface area contributed by atoms with Crippen molar-refractivity contribution in [3.05, 3.63) is 66.2 Å². The molecule has 1 atom stereocenters. The fourth-order valence-corrected chi connectivity index (χ4v) is 5.52. The molecule has 1 fully saturated rings. The molecular weight excluding hydrogens is 419 g/mol. The summed E-state index contributed by atoms with van der Waals surface area (Å²) in [6.45, 7) is 0.367. The Balaban J connectivity index is 1.79. The van der Waals surface area contributed by atoms with Crippen molar-refractivity contribution < 1.29 is 17.5 Å². The Morgan fingerprint density at radius 2 is 1.81 bits per heavy atom. The van der Waals surface area contributed by atoms with Gasteiger partial charge in [0.15, 0.2) is 0 Å². The number of rotatable bonds is 5. The summed E-state index contributed by atoms with van der Waals surface area (Å²) in [4.78, 5) is 8.70. The van der Waals surface area contributed by atoms with Crippen LogP contribution in [0, 0.1) is 5.82 Å². The summed E-state index contributed by atoms with van der Waals surface area (Å²) < 4.78 is 47.1. The molecule has 4 rings (SSSR count). The predicted molar refractivity (Wildman–Crippen MR) is 115 cm³/mol. The molecule has 1 aromatic heterocycles. The van der Waals surface area contributed by atoms with Crippen molar-refractivity contribution in [2.45, 2.75) is 30.2 Å². The zero-order valence-corrected chi connectivity index (χ0v) is 17.8. The Labute approximate surface area is 180 Å². The van der Waals surface area contributed by atoms with Crippen molar-refractivity contribution in [3.63, 3.8) is 0 Å². The SMILES string of the molecule is COc1ccc(S(=O)(=O)N2CCCCC2c2nc(N)ncc2-c2ccc(F)cc2)cc1. The van der Waals surface area contributed by atoms with Crippen molar-refractivity contribution in [1.29, 1.82) is 0 Å². The normalized spacial score (nSPS) is 17.4. The van der Waals surface area contributed by atoms with Gasteiger partial charge >= 0.3 is 0 Å². The monoisotopic (exact) mass is 442 g/mol. The molecule has 0 bridgehead atoms. The first-order valence-electron chi connectivity index (χ1n) is 9.94. The zero-order chi connectivity index (χ0) is 22.0. The van der Waals surface area contributed by atoms with Gasteiger partial charge in [-0.05, 0) is 54.8 Å². The topological polar surface area (TPSA) is 98.4 Å². The van der Waals surface area contributed by atoms with E-state index in [0.717, 1.165) is 12.8 Å². The van der Waals surface area contributed by atoms with Gasteiger partial charge in [0.05, 0.1) is 23.7 Å². The largest absolute Gasteiger partial charge is 0.497 e. The number of sulfonamides is 1. The molecule has 2 N–H and O–H groups in total. The number of anilines is 1. The van der Waals surface area contributed by atoms with Gasteiger partial charge in [0.1, 0.15) is 11.6 Å². The van der Waals surface area contributed by atoms with E-state index >= 15 is 0 Å². The molecule has 162 valence electrons. The minimum Gasteiger partial charge on any atom is -0.497 e. The van der Waals surface area contributed by atoms with E-state index in [9.17, 15) is 12.8 Å². The maximum atomic E-state index is 13.5. The molecule has 0 radical (unpaired) electrons. The van der Waals surface area contributed by atoms with Crippen LogP contribution in [0.4, 0.5) is 10.3 Å². The van der Waals surface area contributed by atoms with E-state index < -0.39 is 16.1 Å². The molecule has 1 aliphatic rings. The second kappa shape index (κ2) is 8.60. The molecule has 0 spiro atoms. The minimum atomic E-state index is -3.79. The molecule has 1 aliphatic heterocycles. The van der Waals surface area contributed by atoms with Crippen molar-refractivity contribution in [2.75, 3.05) is 19.4 Å². The number of nitrogens with zero attached hydrogens (tertiary/aromatic N) is 3. The van der Waals surface area contributed by atoms with Crippen molar-refractivity contribution in [2.24, 2.45) is 0 Å². The van der Waals surface area contributed by atoms with Gasteiger partial charge in [0.2, 0.25) is 16.0 Å². The van der Waals surface area contributed by atoms with Gasteiger partial charge in [0, 0.05) is 18.3 Å². The van der Waals surface area contributed by atoms with Gasteiger partial charge in [-0.3, -0.25) is 0 Å². The standard InChI is InChI=1S/C22H23FN4O3S/c1-30-17-9-11-18(12-10-17)31(28,29)27-13-3-2-4-20(27)21-19(14-25-22(24)26-21)15-5-7-16(23)8-6-15/h5-12,14,20H,2-4,13H2,1H3,(H2,24,25,26). The van der Waals surface area contributed by atoms with E-state index in [0.29, 0.717) is 35.5 Å². The number of ether oxygens (including phenoxy) is 1. The minimum absolute atomic E-state index is 0.0632. The third kappa shape index (κ3) is 4.24. The zero-order valence-electron chi connectivity index (χ0n) is 17.0. The molecule has 3 aromatic rings. The summed E-state index contributed by atoms with van der Waals surface area (Å²) in [5.41, 5.74) is 7.73. The van der Waals surface area contributed by atoms with Crippen LogP contribution in [0.15, 0.2) is 59.6 Å². The van der Waals surface area contributed by atoms with Crippen LogP contribution in [0.3, 0.4) is 0 Å². The van der Waals surface area contributed by atoms with E-state index in [1.165, 1.54) is 35.7 Å². The van der Waals surface area contributed by atoms with Gasteiger partial charge in [-0.15, -0.1) is 0 Å². The van der Waals surface area contributed by atoms with E-state index in [-0.39, 0.29) is 16.7 Å². The first kappa shape index (κ1) is 21.2. The predicted octanol–water partition coefficient (Wildman–Crippen LogP) is 3.79. The number of halogens is 1. The summed E-state index contributed by atoms with van der Waals surface area (Å²) in [5.74, 6) is 0.285. The van der Waals surface area contributed by atoms with E-state index in [1.54, 1.807) is 30.5 Å². The maximum absolute atomic E-state index is 13.5. The van der Waals surface area contributed by atoms with Crippen LogP contribution < -0.4 is 10.5 Å². The van der Waals surface area contributed by atoms with Gasteiger partial charge in [-0.25, -0.2) is 22.8 Å². The first-order valence-corrected chi connectivity index (χ1v) is 11.4. The second-order valence-corrected chi connectivity index (χ2v) is 9.23. The molecule has 9 heteroatoms. The molecule has 1 saturated heterocycles. The molecule has 2 heterocycles. The van der Waals surface area contributed by atoms with Crippen molar-refractivity contribution >= 4 is 16.0 Å². The van der Waals surface area contributed by atoms with Gasteiger partial charge in [-0.1, -0.05) is 18.6 Å². The highest BCUT2D eigenvalue weighted by Gasteiger charge is 2.36. The number of benzene rings is 2. The summed E-state index contributed by atoms with van der Waals surface area (Å²) in [7, 11) is -2.26. The Morgan fingerprint density at radius 3 is 2.48 bits per heavy atom. The third-order valence-electron chi connectivity index (χ3n) is 5.43. The number of piperidine rings is 1. The summed E-state index contributed by atoms with van der Waals surface area (Å²) >= 11 is 0. The number of methoxy groups -OCH3 is 1. The lowest BCUT2D eigenvalue weighted by molar-refractivity contribution is 0.252. The Morgan fingerprint density at radius 1 is 1.10 bits per heavy atom. The van der Waals surface area contributed by atoms with Gasteiger partial charge < -0.3 is 10.5 Å². The fourth-order valence-electron chi connectivity index (χ4n) is 3.86. The smallest absolute Gasteiger partial charge is 0.243 e. The van der Waals surface area contributed by atoms with E-state index in [1.807, 2.05) is 0 Å². The summed E-state index contributed by atoms with van der Waals surface area (Å²) in [5, 5.41) is 0. The lowest BCUT2D eigenvalue weighted by Crippen LogP contribution is -2.39. The Bertz CT molecular complexity index is 1170. The molecule has 2 aromatic carbocycles. The van der Waals surface area contributed by atoms with Crippen LogP contribution >= 0.6 is 0 Å². The number of hydrogen-bond donors (Lipinski definition) is 1. The molecular formula is C22H23FN4O3S. The lowest BCUT2D eigenvalue weighted by atomic mass is 9.95. The number of nitrogen functional groups attached to an aromatic ring is 1. The third-order valence-corrected chi connectivity index (χ3v) is 7.35. The van der Waals surface area contributed by atoms with Gasteiger partial charge in [0.25, 0.3) is 0 Å². The average molecular weight is 443 g/mol. The lowest BCUT2D eigenvalue weighted by Gasteiger charge is -2.35. The molecule has 1 unspecified atom stereocenters. The molecule has 7 nitrogen and oxygen atoms in total. The van der Waals surface area contributed by atoms with Gasteiger partial charge in [-0.2, -0.15) is 4.31 Å². The number of aromatic nitrogens is 2. The Hall–Kier alpha value is -3.04. The van der Waals surface area contributed by atoms with Crippen LogP contribution in [-0.4, -0.2) is 36.3 Å². The van der Waals surface area contributed by atoms with Crippen molar-refractivity contribution in [1.82, 2.24) is 14.3 Å². The highest BCUT2D eigenvalue weighted by Crippen LogP contribution is 2.39. The average Bonchev–Trinajstić information content (AvgIpc) is 2.80. The Kier molecular flexibility index (Phi) is 5.88. The summed E-state index contributed by atoms with van der Waals surface area (Å²) in [6.07, 6.45) is 3.77. The van der Waals surface area contributed by atoms with E-state index in [2.05, 4.69) is 9.97 Å². The highest BCUT2D eigenvalue weighted by atomic mass is 32.2. The summed E-state index contributed by atoms with van der Waals surface area (Å²) in [6, 6.07) is 11.8. The van der Waals surface area contributed by atoms with E-state index in [4.69, 9.17) is 10.5 Å². The quantitative estimate of drug-likeness (QED) is 0.646. The molecule has 31 heavy (non-hydrogen) atoms. The molecule has 0 aliphatic carbocycles. The second-order valence-electron chi connectivity index (χ2n) is 7.34. The fraction of sp³-hybridized carbons (Fsp3) is 0.273. The first-order chi connectivity index (χ1) is 14.9. The molecule has 0 saturated carbocycles. The molecule has 0 amide bonds. The van der Waals surface area contributed by atoms with Crippen LogP contribution in [0.5, 0.6) is 5.75 Å². The van der Waals surface area contributed by atoms with Crippen molar-refractivity contribution in [3.8, 4) is 16.9 Å². The highest BCUT2D eigenvalue weighted by molar-refractivity contribution is 7.89. The van der Waals surface area contributed by atoms with Crippen LogP contribution in [0.2, 0.25) is 0 Å². The van der Waals surface area contributed by atoms with Crippen LogP contribution in [-0.2, 0) is 10.0 Å². The van der Waals surface area contributed by atoms with Crippen LogP contribution in [0.25, 0.3) is 11.1 Å². The maximum Gasteiger partial charge on any atom is 0.243 e.